The van der Waals surface area contributed by atoms with E-state index in [0.29, 0.717) is 57.3 Å². The fourth-order valence-electron chi connectivity index (χ4n) is 7.45. The third kappa shape index (κ3) is 13.5. The first-order valence-corrected chi connectivity index (χ1v) is 20.9. The minimum Gasteiger partial charge on any atom is -0.449 e. The lowest BCUT2D eigenvalue weighted by atomic mass is 9.85. The molecule has 4 amide bonds. The van der Waals surface area contributed by atoms with Gasteiger partial charge in [0.25, 0.3) is 0 Å². The maximum atomic E-state index is 13.9. The van der Waals surface area contributed by atoms with Crippen LogP contribution in [0.15, 0.2) is 29.8 Å². The Hall–Kier alpha value is -4.07. The van der Waals surface area contributed by atoms with Crippen molar-refractivity contribution in [3.05, 3.63) is 41.0 Å². The van der Waals surface area contributed by atoms with Gasteiger partial charge in [-0.3, -0.25) is 14.4 Å². The maximum absolute atomic E-state index is 13.9. The van der Waals surface area contributed by atoms with Gasteiger partial charge in [0.05, 0.1) is 68.4 Å². The molecule has 1 aromatic heterocycles. The van der Waals surface area contributed by atoms with E-state index in [1.54, 1.807) is 11.3 Å². The second-order valence-electron chi connectivity index (χ2n) is 16.0. The first-order valence-electron chi connectivity index (χ1n) is 20.1. The summed E-state index contributed by atoms with van der Waals surface area (Å²) in [6.45, 7) is 10.3. The predicted octanol–water partition coefficient (Wildman–Crippen LogP) is 3.83. The smallest absolute Gasteiger partial charge is 0.407 e. The number of benzene rings is 1. The zero-order valence-corrected chi connectivity index (χ0v) is 34.5. The van der Waals surface area contributed by atoms with Crippen molar-refractivity contribution in [2.24, 2.45) is 23.2 Å². The summed E-state index contributed by atoms with van der Waals surface area (Å²) in [6.07, 6.45) is 2.93. The highest BCUT2D eigenvalue weighted by Gasteiger charge is 2.49. The van der Waals surface area contributed by atoms with Gasteiger partial charge >= 0.3 is 6.09 Å². The molecule has 0 spiro atoms. The second kappa shape index (κ2) is 21.6. The summed E-state index contributed by atoms with van der Waals surface area (Å²) in [5.41, 5.74) is 4.07. The fourth-order valence-corrected chi connectivity index (χ4v) is 8.26. The van der Waals surface area contributed by atoms with Crippen LogP contribution in [0.5, 0.6) is 0 Å². The molecule has 2 fully saturated rings. The number of hydrogen-bond donors (Lipinski definition) is 4. The summed E-state index contributed by atoms with van der Waals surface area (Å²) in [7, 11) is 0. The minimum atomic E-state index is -0.921. The van der Waals surface area contributed by atoms with E-state index in [9.17, 15) is 24.3 Å². The lowest BCUT2D eigenvalue weighted by molar-refractivity contribution is -0.144. The number of β-amino-alcohol motifs (C(OH)–C–C–N with tert-alkyl or cyclic N) is 1. The molecule has 14 nitrogen and oxygen atoms in total. The number of aliphatic hydroxyl groups excluding tert-OH is 1. The highest BCUT2D eigenvalue weighted by atomic mass is 32.1. The molecule has 3 aliphatic rings. The Kier molecular flexibility index (Phi) is 16.7. The Balaban J connectivity index is 0.916. The van der Waals surface area contributed by atoms with Crippen LogP contribution in [0.1, 0.15) is 70.6 Å². The van der Waals surface area contributed by atoms with E-state index < -0.39 is 35.6 Å². The lowest BCUT2D eigenvalue weighted by Crippen LogP contribution is -2.57. The normalized spacial score (nSPS) is 21.9. The largest absolute Gasteiger partial charge is 0.449 e. The molecule has 2 aromatic rings. The third-order valence-corrected chi connectivity index (χ3v) is 11.7. The van der Waals surface area contributed by atoms with Crippen molar-refractivity contribution < 1.29 is 43.2 Å². The van der Waals surface area contributed by atoms with Gasteiger partial charge in [-0.2, -0.15) is 0 Å². The Labute approximate surface area is 340 Å². The number of fused-ring (bicyclic) bond motifs is 1. The number of amides is 4. The highest BCUT2D eigenvalue weighted by Crippen LogP contribution is 2.52. The van der Waals surface area contributed by atoms with Crippen LogP contribution in [-0.2, 0) is 39.9 Å². The third-order valence-electron chi connectivity index (χ3n) is 10.7. The fraction of sp³-hybridized carbons (Fsp3) is 0.643. The average molecular weight is 810 g/mol. The first kappa shape index (κ1) is 44.0. The number of ether oxygens (including phenoxy) is 4. The topological polar surface area (TPSA) is 178 Å². The molecule has 4 N–H and O–H groups in total. The number of carbonyl (C=O) groups is 4. The zero-order chi connectivity index (χ0) is 40.8. The van der Waals surface area contributed by atoms with Gasteiger partial charge < -0.3 is 44.9 Å². The average Bonchev–Trinajstić information content (AvgIpc) is 3.41. The van der Waals surface area contributed by atoms with Crippen LogP contribution in [-0.4, -0.2) is 116 Å². The molecule has 1 aromatic carbocycles. The van der Waals surface area contributed by atoms with Crippen molar-refractivity contribution in [1.82, 2.24) is 25.8 Å². The summed E-state index contributed by atoms with van der Waals surface area (Å²) < 4.78 is 22.0. The molecule has 0 radical (unpaired) electrons. The van der Waals surface area contributed by atoms with Crippen LogP contribution < -0.4 is 16.0 Å². The highest BCUT2D eigenvalue weighted by molar-refractivity contribution is 7.13. The number of aliphatic hydroxyl groups is 1. The van der Waals surface area contributed by atoms with Crippen LogP contribution in [0.25, 0.3) is 10.4 Å². The summed E-state index contributed by atoms with van der Waals surface area (Å²) in [6, 6.07) is 6.09. The molecular formula is C42H59N5O9S. The summed E-state index contributed by atoms with van der Waals surface area (Å²) in [5.74, 6) is 6.97. The number of nitrogens with one attached hydrogen (secondary N) is 3. The molecule has 1 saturated carbocycles. The van der Waals surface area contributed by atoms with E-state index in [1.807, 2.05) is 57.5 Å². The first-order chi connectivity index (χ1) is 27.4. The van der Waals surface area contributed by atoms with Gasteiger partial charge in [0.2, 0.25) is 17.7 Å². The monoisotopic (exact) mass is 809 g/mol. The number of thiazole rings is 1. The molecule has 57 heavy (non-hydrogen) atoms. The molecule has 1 unspecified atom stereocenters. The second-order valence-corrected chi connectivity index (χ2v) is 16.8. The van der Waals surface area contributed by atoms with Crippen LogP contribution >= 0.6 is 11.3 Å². The Morgan fingerprint density at radius 3 is 2.23 bits per heavy atom. The van der Waals surface area contributed by atoms with E-state index in [4.69, 9.17) is 18.9 Å². The quantitative estimate of drug-likeness (QED) is 0.114. The van der Waals surface area contributed by atoms with Crippen molar-refractivity contribution in [1.29, 1.82) is 0 Å². The van der Waals surface area contributed by atoms with Crippen LogP contribution in [0.4, 0.5) is 4.79 Å². The maximum Gasteiger partial charge on any atom is 0.407 e. The zero-order valence-electron chi connectivity index (χ0n) is 33.7. The number of nitrogens with zero attached hydrogens (tertiary/aromatic N) is 2. The van der Waals surface area contributed by atoms with Crippen LogP contribution in [0, 0.1) is 41.9 Å². The summed E-state index contributed by atoms with van der Waals surface area (Å²) in [4.78, 5) is 59.0. The van der Waals surface area contributed by atoms with Gasteiger partial charge in [-0.25, -0.2) is 9.78 Å². The number of rotatable bonds is 20. The molecule has 15 heteroatoms. The molecular weight excluding hydrogens is 751 g/mol. The van der Waals surface area contributed by atoms with Crippen molar-refractivity contribution in [2.45, 2.75) is 91.0 Å². The Morgan fingerprint density at radius 1 is 0.947 bits per heavy atom. The van der Waals surface area contributed by atoms with E-state index in [2.05, 4.69) is 32.8 Å². The van der Waals surface area contributed by atoms with Gasteiger partial charge in [0.15, 0.2) is 0 Å². The van der Waals surface area contributed by atoms with E-state index in [1.165, 1.54) is 4.90 Å². The molecule has 0 bridgehead atoms. The van der Waals surface area contributed by atoms with Crippen molar-refractivity contribution >= 4 is 35.2 Å². The van der Waals surface area contributed by atoms with Gasteiger partial charge in [0.1, 0.15) is 12.1 Å². The number of alkyl carbamates (subject to hydrolysis) is 1. The summed E-state index contributed by atoms with van der Waals surface area (Å²) in [5, 5.41) is 19.0. The Bertz CT molecular complexity index is 1680. The van der Waals surface area contributed by atoms with E-state index >= 15 is 0 Å². The number of likely N-dealkylation sites (tertiary alicyclic amines) is 1. The SMILES string of the molecule is Cc1ncsc1-c1ccc(CNC(=O)[C@@H]2C[C@@H](O)CN2C(=O)[C@@H](NC(=O)CCOCCOCCOCCNC(=O)OCC2[C@H]3CCC#CCC[C@@H]23)C(C)(C)C)cc1. The van der Waals surface area contributed by atoms with Crippen molar-refractivity contribution in [3.8, 4) is 22.3 Å². The van der Waals surface area contributed by atoms with Crippen LogP contribution in [0.3, 0.4) is 0 Å². The molecule has 5 rings (SSSR count). The minimum absolute atomic E-state index is 0.0000571. The van der Waals surface area contributed by atoms with Gasteiger partial charge in [-0.05, 0) is 54.1 Å². The standard InChI is InChI=1S/C42H59N5O9S/c1-28-37(57-27-45-28)30-13-11-29(12-14-30)24-44-39(50)35-23-31(48)25-47(35)40(51)38(42(2,3)4)46-36(49)15-17-53-19-21-55-22-20-54-18-16-43-41(52)56-26-34-32-9-7-5-6-8-10-33(32)34/h11-14,27,31-35,38,48H,7-10,15-26H2,1-4H3,(H,43,52)(H,44,50)(H,46,49)/t31-,32-,33+,34?,35+,38-/m1/s1. The van der Waals surface area contributed by atoms with Gasteiger partial charge in [0, 0.05) is 45.3 Å². The molecule has 1 saturated heterocycles. The number of carbonyl (C=O) groups excluding carboxylic acids is 4. The molecule has 2 heterocycles. The predicted molar refractivity (Wildman–Crippen MR) is 215 cm³/mol. The lowest BCUT2D eigenvalue weighted by Gasteiger charge is -2.35. The van der Waals surface area contributed by atoms with E-state index in [-0.39, 0.29) is 51.0 Å². The van der Waals surface area contributed by atoms with Gasteiger partial charge in [-0.15, -0.1) is 23.2 Å². The number of aryl methyl sites for hydroxylation is 1. The Morgan fingerprint density at radius 2 is 1.60 bits per heavy atom. The van der Waals surface area contributed by atoms with Crippen molar-refractivity contribution in [3.63, 3.8) is 0 Å². The van der Waals surface area contributed by atoms with Gasteiger partial charge in [-0.1, -0.05) is 45.0 Å². The number of aromatic nitrogens is 1. The van der Waals surface area contributed by atoms with Crippen molar-refractivity contribution in [2.75, 3.05) is 59.3 Å². The molecule has 1 aliphatic heterocycles. The number of hydrogen-bond acceptors (Lipinski definition) is 11. The molecule has 312 valence electrons. The molecule has 2 aliphatic carbocycles. The summed E-state index contributed by atoms with van der Waals surface area (Å²) >= 11 is 1.57. The van der Waals surface area contributed by atoms with E-state index in [0.717, 1.165) is 47.4 Å². The van der Waals surface area contributed by atoms with Crippen LogP contribution in [0.2, 0.25) is 0 Å². The molecule has 6 atom stereocenters.